The number of amides is 2. The number of rotatable bonds is 6. The fourth-order valence-corrected chi connectivity index (χ4v) is 4.96. The van der Waals surface area contributed by atoms with E-state index in [0.29, 0.717) is 5.56 Å². The van der Waals surface area contributed by atoms with E-state index in [9.17, 15) is 9.59 Å². The quantitative estimate of drug-likeness (QED) is 0.556. The molecule has 0 atom stereocenters. The predicted molar refractivity (Wildman–Crippen MR) is 132 cm³/mol. The van der Waals surface area contributed by atoms with Gasteiger partial charge in [-0.05, 0) is 49.6 Å². The monoisotopic (exact) mass is 448 g/mol. The maximum absolute atomic E-state index is 13.2. The summed E-state index contributed by atoms with van der Waals surface area (Å²) in [5.74, 6) is 0.103. The van der Waals surface area contributed by atoms with Crippen LogP contribution < -0.4 is 10.2 Å². The summed E-state index contributed by atoms with van der Waals surface area (Å²) in [6, 6.07) is 13.5. The highest BCUT2D eigenvalue weighted by Crippen LogP contribution is 2.34. The number of nitrogens with one attached hydrogen (secondary N) is 1. The number of aromatic nitrogens is 1. The number of thioether (sulfide) groups is 1. The predicted octanol–water partition coefficient (Wildman–Crippen LogP) is 4.66. The molecule has 3 aromatic rings. The molecule has 0 unspecified atom stereocenters. The van der Waals surface area contributed by atoms with Gasteiger partial charge in [0.2, 0.25) is 5.91 Å². The molecule has 1 aromatic heterocycles. The Morgan fingerprint density at radius 1 is 1.03 bits per heavy atom. The van der Waals surface area contributed by atoms with Gasteiger partial charge in [-0.3, -0.25) is 14.6 Å². The van der Waals surface area contributed by atoms with Crippen molar-refractivity contribution in [2.45, 2.75) is 24.2 Å². The van der Waals surface area contributed by atoms with Crippen molar-refractivity contribution in [3.05, 3.63) is 60.4 Å². The zero-order chi connectivity index (χ0) is 22.5. The number of carbonyl (C=O) groups is 2. The Morgan fingerprint density at radius 3 is 2.59 bits per heavy atom. The summed E-state index contributed by atoms with van der Waals surface area (Å²) >= 11 is 1.38. The number of anilines is 2. The van der Waals surface area contributed by atoms with Gasteiger partial charge in [0.05, 0.1) is 17.0 Å². The van der Waals surface area contributed by atoms with Crippen LogP contribution in [-0.2, 0) is 4.79 Å². The molecule has 0 saturated carbocycles. The van der Waals surface area contributed by atoms with Crippen LogP contribution in [0.5, 0.6) is 0 Å². The first-order chi connectivity index (χ1) is 15.5. The van der Waals surface area contributed by atoms with Crippen LogP contribution in [0.1, 0.15) is 29.6 Å². The topological polar surface area (TPSA) is 65.5 Å². The van der Waals surface area contributed by atoms with E-state index in [2.05, 4.69) is 21.3 Å². The van der Waals surface area contributed by atoms with E-state index in [4.69, 9.17) is 0 Å². The van der Waals surface area contributed by atoms with Crippen molar-refractivity contribution in [2.24, 2.45) is 0 Å². The Kier molecular flexibility index (Phi) is 6.95. The second-order valence-corrected chi connectivity index (χ2v) is 9.15. The molecule has 6 nitrogen and oxygen atoms in total. The van der Waals surface area contributed by atoms with E-state index in [1.54, 1.807) is 31.3 Å². The average molecular weight is 449 g/mol. The second kappa shape index (κ2) is 10.0. The molecule has 2 heterocycles. The first-order valence-electron chi connectivity index (χ1n) is 10.9. The van der Waals surface area contributed by atoms with E-state index in [0.717, 1.165) is 34.4 Å². The molecule has 2 aromatic carbocycles. The molecule has 1 aliphatic rings. The van der Waals surface area contributed by atoms with Crippen molar-refractivity contribution in [3.63, 3.8) is 0 Å². The molecule has 0 radical (unpaired) electrons. The average Bonchev–Trinajstić information content (AvgIpc) is 2.83. The molecule has 0 bridgehead atoms. The minimum Gasteiger partial charge on any atom is -0.371 e. The van der Waals surface area contributed by atoms with Gasteiger partial charge < -0.3 is 15.1 Å². The van der Waals surface area contributed by atoms with Crippen molar-refractivity contribution < 1.29 is 9.59 Å². The molecule has 0 aliphatic carbocycles. The third kappa shape index (κ3) is 4.88. The number of nitrogens with zero attached hydrogens (tertiary/aromatic N) is 3. The lowest BCUT2D eigenvalue weighted by molar-refractivity contribution is -0.125. The molecule has 7 heteroatoms. The summed E-state index contributed by atoms with van der Waals surface area (Å²) in [6.07, 6.45) is 7.30. The molecule has 0 spiro atoms. The van der Waals surface area contributed by atoms with E-state index in [-0.39, 0.29) is 17.6 Å². The van der Waals surface area contributed by atoms with Gasteiger partial charge >= 0.3 is 0 Å². The van der Waals surface area contributed by atoms with Crippen LogP contribution in [0.2, 0.25) is 0 Å². The van der Waals surface area contributed by atoms with E-state index in [1.165, 1.54) is 36.7 Å². The van der Waals surface area contributed by atoms with E-state index in [1.807, 2.05) is 36.5 Å². The molecular weight excluding hydrogens is 420 g/mol. The molecule has 1 N–H and O–H groups in total. The van der Waals surface area contributed by atoms with Gasteiger partial charge in [-0.1, -0.05) is 12.1 Å². The molecule has 4 rings (SSSR count). The number of piperidine rings is 1. The summed E-state index contributed by atoms with van der Waals surface area (Å²) < 4.78 is 0. The van der Waals surface area contributed by atoms with Gasteiger partial charge in [0.15, 0.2) is 0 Å². The minimum absolute atomic E-state index is 0.00980. The summed E-state index contributed by atoms with van der Waals surface area (Å²) in [5.41, 5.74) is 2.49. The van der Waals surface area contributed by atoms with Crippen molar-refractivity contribution >= 4 is 45.7 Å². The van der Waals surface area contributed by atoms with Crippen LogP contribution in [-0.4, -0.2) is 54.6 Å². The van der Waals surface area contributed by atoms with Crippen LogP contribution in [0.15, 0.2) is 59.8 Å². The Morgan fingerprint density at radius 2 is 1.81 bits per heavy atom. The molecule has 166 valence electrons. The van der Waals surface area contributed by atoms with E-state index >= 15 is 0 Å². The standard InChI is InChI=1S/C25H28N4O2S/c1-28(2)24(30)17-32-23-9-5-4-8-19(23)25(31)27-21-10-11-22(29-14-6-3-7-15-29)18-12-13-26-16-20(18)21/h4-5,8-13,16H,3,6-7,14-15,17H2,1-2H3,(H,27,31). The summed E-state index contributed by atoms with van der Waals surface area (Å²) in [4.78, 5) is 34.3. The third-order valence-corrected chi connectivity index (χ3v) is 6.78. The summed E-state index contributed by atoms with van der Waals surface area (Å²) in [5, 5.41) is 5.10. The number of carbonyl (C=O) groups excluding carboxylic acids is 2. The van der Waals surface area contributed by atoms with Gasteiger partial charge in [-0.25, -0.2) is 0 Å². The lowest BCUT2D eigenvalue weighted by Gasteiger charge is -2.30. The van der Waals surface area contributed by atoms with Gasteiger partial charge in [0.25, 0.3) is 5.91 Å². The fourth-order valence-electron chi connectivity index (χ4n) is 3.93. The molecule has 32 heavy (non-hydrogen) atoms. The SMILES string of the molecule is CN(C)C(=O)CSc1ccccc1C(=O)Nc1ccc(N2CCCCC2)c2ccncc12. The Balaban J connectivity index is 1.59. The first kappa shape index (κ1) is 22.1. The largest absolute Gasteiger partial charge is 0.371 e. The fraction of sp³-hybridized carbons (Fsp3) is 0.320. The van der Waals surface area contributed by atoms with E-state index < -0.39 is 0 Å². The maximum atomic E-state index is 13.2. The number of fused-ring (bicyclic) bond motifs is 1. The van der Waals surface area contributed by atoms with Crippen molar-refractivity contribution in [1.29, 1.82) is 0 Å². The smallest absolute Gasteiger partial charge is 0.256 e. The number of benzene rings is 2. The van der Waals surface area contributed by atoms with Crippen LogP contribution in [0.4, 0.5) is 11.4 Å². The Bertz CT molecular complexity index is 1130. The van der Waals surface area contributed by atoms with Gasteiger partial charge in [0.1, 0.15) is 0 Å². The maximum Gasteiger partial charge on any atom is 0.256 e. The van der Waals surface area contributed by atoms with Crippen molar-refractivity contribution in [1.82, 2.24) is 9.88 Å². The highest BCUT2D eigenvalue weighted by molar-refractivity contribution is 8.00. The molecule has 1 fully saturated rings. The lowest BCUT2D eigenvalue weighted by atomic mass is 10.0. The normalized spacial score (nSPS) is 13.8. The first-order valence-corrected chi connectivity index (χ1v) is 11.9. The van der Waals surface area contributed by atoms with Crippen LogP contribution >= 0.6 is 11.8 Å². The Labute approximate surface area is 193 Å². The van der Waals surface area contributed by atoms with Crippen LogP contribution in [0.25, 0.3) is 10.8 Å². The Hall–Kier alpha value is -3.06. The van der Waals surface area contributed by atoms with Gasteiger partial charge in [-0.15, -0.1) is 11.8 Å². The van der Waals surface area contributed by atoms with Crippen molar-refractivity contribution in [3.8, 4) is 0 Å². The number of hydrogen-bond acceptors (Lipinski definition) is 5. The zero-order valence-corrected chi connectivity index (χ0v) is 19.3. The second-order valence-electron chi connectivity index (χ2n) is 8.13. The highest BCUT2D eigenvalue weighted by Gasteiger charge is 2.18. The van der Waals surface area contributed by atoms with Gasteiger partial charge in [0, 0.05) is 60.9 Å². The lowest BCUT2D eigenvalue weighted by Crippen LogP contribution is -2.29. The highest BCUT2D eigenvalue weighted by atomic mass is 32.2. The molecule has 1 saturated heterocycles. The number of pyridine rings is 1. The molecule has 1 aliphatic heterocycles. The van der Waals surface area contributed by atoms with Crippen LogP contribution in [0, 0.1) is 0 Å². The molecular formula is C25H28N4O2S. The zero-order valence-electron chi connectivity index (χ0n) is 18.5. The van der Waals surface area contributed by atoms with Crippen LogP contribution in [0.3, 0.4) is 0 Å². The molecule has 2 amide bonds. The summed E-state index contributed by atoms with van der Waals surface area (Å²) in [7, 11) is 3.46. The van der Waals surface area contributed by atoms with Crippen molar-refractivity contribution in [2.75, 3.05) is 43.2 Å². The third-order valence-electron chi connectivity index (χ3n) is 5.72. The van der Waals surface area contributed by atoms with Gasteiger partial charge in [-0.2, -0.15) is 0 Å². The number of hydrogen-bond donors (Lipinski definition) is 1. The minimum atomic E-state index is -0.193. The summed E-state index contributed by atoms with van der Waals surface area (Å²) in [6.45, 7) is 2.11.